The van der Waals surface area contributed by atoms with Gasteiger partial charge in [-0.2, -0.15) is 0 Å². The molecular formula is C24H28N4O2. The van der Waals surface area contributed by atoms with Crippen LogP contribution >= 0.6 is 0 Å². The maximum absolute atomic E-state index is 12.4. The fourth-order valence-corrected chi connectivity index (χ4v) is 4.31. The number of benzene rings is 2. The fraction of sp³-hybridized carbons (Fsp3) is 0.333. The largest absolute Gasteiger partial charge is 0.356 e. The molecule has 30 heavy (non-hydrogen) atoms. The molecule has 156 valence electrons. The summed E-state index contributed by atoms with van der Waals surface area (Å²) >= 11 is 0. The van der Waals surface area contributed by atoms with Crippen molar-refractivity contribution >= 4 is 22.7 Å². The molecule has 6 nitrogen and oxygen atoms in total. The van der Waals surface area contributed by atoms with Crippen molar-refractivity contribution in [3.05, 3.63) is 65.9 Å². The predicted octanol–water partition coefficient (Wildman–Crippen LogP) is 2.42. The lowest BCUT2D eigenvalue weighted by Crippen LogP contribution is -2.55. The highest BCUT2D eigenvalue weighted by atomic mass is 16.2. The van der Waals surface area contributed by atoms with E-state index in [1.165, 1.54) is 22.2 Å². The maximum atomic E-state index is 12.4. The van der Waals surface area contributed by atoms with Gasteiger partial charge in [-0.25, -0.2) is 0 Å². The summed E-state index contributed by atoms with van der Waals surface area (Å²) in [6, 6.07) is 18.3. The van der Waals surface area contributed by atoms with Crippen LogP contribution in [-0.2, 0) is 16.0 Å². The molecule has 2 amide bonds. The van der Waals surface area contributed by atoms with E-state index < -0.39 is 0 Å². The lowest BCUT2D eigenvalue weighted by atomic mass is 10.1. The van der Waals surface area contributed by atoms with Gasteiger partial charge in [0.25, 0.3) is 0 Å². The van der Waals surface area contributed by atoms with Crippen LogP contribution in [0.2, 0.25) is 0 Å². The summed E-state index contributed by atoms with van der Waals surface area (Å²) in [5, 5.41) is 7.05. The molecule has 6 heteroatoms. The molecule has 2 heterocycles. The first-order valence-electron chi connectivity index (χ1n) is 10.4. The number of para-hydroxylation sites is 2. The van der Waals surface area contributed by atoms with E-state index in [-0.39, 0.29) is 24.3 Å². The van der Waals surface area contributed by atoms with Crippen molar-refractivity contribution in [3.63, 3.8) is 0 Å². The summed E-state index contributed by atoms with van der Waals surface area (Å²) in [7, 11) is 1.89. The van der Waals surface area contributed by atoms with Gasteiger partial charge in [-0.05, 0) is 44.2 Å². The van der Waals surface area contributed by atoms with Gasteiger partial charge < -0.3 is 15.2 Å². The van der Waals surface area contributed by atoms with E-state index in [4.69, 9.17) is 0 Å². The van der Waals surface area contributed by atoms with Gasteiger partial charge in [0.1, 0.15) is 0 Å². The maximum Gasteiger partial charge on any atom is 0.237 e. The number of likely N-dealkylation sites (N-methyl/N-ethyl adjacent to an activating group) is 1. The van der Waals surface area contributed by atoms with Gasteiger partial charge in [-0.3, -0.25) is 14.5 Å². The Balaban J connectivity index is 1.48. The molecule has 1 fully saturated rings. The molecular weight excluding hydrogens is 376 g/mol. The van der Waals surface area contributed by atoms with E-state index in [1.54, 1.807) is 0 Å². The Morgan fingerprint density at radius 1 is 1.13 bits per heavy atom. The minimum absolute atomic E-state index is 0.0688. The van der Waals surface area contributed by atoms with Crippen LogP contribution in [0.15, 0.2) is 54.6 Å². The van der Waals surface area contributed by atoms with E-state index in [1.807, 2.05) is 30.1 Å². The van der Waals surface area contributed by atoms with Crippen LogP contribution < -0.4 is 10.6 Å². The lowest BCUT2D eigenvalue weighted by Gasteiger charge is -2.31. The number of carbonyl (C=O) groups is 2. The van der Waals surface area contributed by atoms with Gasteiger partial charge in [0.2, 0.25) is 11.8 Å². The molecule has 4 rings (SSSR count). The average Bonchev–Trinajstić information content (AvgIpc) is 3.03. The summed E-state index contributed by atoms with van der Waals surface area (Å²) in [6.07, 6.45) is 0.928. The summed E-state index contributed by atoms with van der Waals surface area (Å²) in [4.78, 5) is 26.4. The number of nitrogens with one attached hydrogen (secondary N) is 2. The second kappa shape index (κ2) is 8.71. The van der Waals surface area contributed by atoms with Gasteiger partial charge in [-0.15, -0.1) is 0 Å². The molecule has 0 unspecified atom stereocenters. The summed E-state index contributed by atoms with van der Waals surface area (Å²) < 4.78 is 2.27. The van der Waals surface area contributed by atoms with Gasteiger partial charge >= 0.3 is 0 Å². The number of hydrogen-bond acceptors (Lipinski definition) is 3. The van der Waals surface area contributed by atoms with Crippen molar-refractivity contribution in [3.8, 4) is 5.69 Å². The number of carbonyl (C=O) groups excluding carboxylic acids is 2. The van der Waals surface area contributed by atoms with E-state index >= 15 is 0 Å². The summed E-state index contributed by atoms with van der Waals surface area (Å²) in [6.45, 7) is 4.08. The van der Waals surface area contributed by atoms with Crippen LogP contribution in [-0.4, -0.2) is 54.0 Å². The predicted molar refractivity (Wildman–Crippen MR) is 119 cm³/mol. The number of hydrogen-bond donors (Lipinski definition) is 2. The third-order valence-corrected chi connectivity index (χ3v) is 5.93. The molecule has 2 N–H and O–H groups in total. The Morgan fingerprint density at radius 3 is 2.63 bits per heavy atom. The van der Waals surface area contributed by atoms with E-state index in [2.05, 4.69) is 58.5 Å². The van der Waals surface area contributed by atoms with E-state index in [0.717, 1.165) is 18.7 Å². The number of aromatic nitrogens is 1. The summed E-state index contributed by atoms with van der Waals surface area (Å²) in [5.74, 6) is -0.158. The Bertz CT molecular complexity index is 1060. The Labute approximate surface area is 176 Å². The van der Waals surface area contributed by atoms with Gasteiger partial charge in [0.05, 0.1) is 18.0 Å². The van der Waals surface area contributed by atoms with Crippen molar-refractivity contribution in [1.82, 2.24) is 20.1 Å². The molecule has 0 radical (unpaired) electrons. The van der Waals surface area contributed by atoms with Gasteiger partial charge in [-0.1, -0.05) is 36.4 Å². The SMILES string of the molecule is Cc1c(CCNC(=O)C[C@@H]2C(=O)NCCN2C)c2ccccc2n1-c1ccccc1. The Hall–Kier alpha value is -3.12. The minimum Gasteiger partial charge on any atom is -0.356 e. The molecule has 0 saturated carbocycles. The topological polar surface area (TPSA) is 66.4 Å². The molecule has 1 aliphatic rings. The van der Waals surface area contributed by atoms with Crippen LogP contribution in [0, 0.1) is 6.92 Å². The van der Waals surface area contributed by atoms with E-state index in [9.17, 15) is 9.59 Å². The van der Waals surface area contributed by atoms with Gasteiger partial charge in [0.15, 0.2) is 0 Å². The molecule has 1 aromatic heterocycles. The average molecular weight is 405 g/mol. The molecule has 0 bridgehead atoms. The highest BCUT2D eigenvalue weighted by Crippen LogP contribution is 2.29. The second-order valence-corrected chi connectivity index (χ2v) is 7.84. The number of fused-ring (bicyclic) bond motifs is 1. The number of piperazine rings is 1. The molecule has 0 aliphatic carbocycles. The smallest absolute Gasteiger partial charge is 0.237 e. The number of amides is 2. The first-order chi connectivity index (χ1) is 14.6. The second-order valence-electron chi connectivity index (χ2n) is 7.84. The molecule has 1 aliphatic heterocycles. The molecule has 2 aromatic carbocycles. The number of nitrogens with zero attached hydrogens (tertiary/aromatic N) is 2. The Morgan fingerprint density at radius 2 is 1.87 bits per heavy atom. The lowest BCUT2D eigenvalue weighted by molar-refractivity contribution is -0.133. The van der Waals surface area contributed by atoms with E-state index in [0.29, 0.717) is 13.1 Å². The van der Waals surface area contributed by atoms with Gasteiger partial charge in [0, 0.05) is 36.4 Å². The molecule has 1 saturated heterocycles. The molecule has 1 atom stereocenters. The Kier molecular flexibility index (Phi) is 5.86. The van der Waals surface area contributed by atoms with Crippen LogP contribution in [0.4, 0.5) is 0 Å². The zero-order chi connectivity index (χ0) is 21.1. The summed E-state index contributed by atoms with van der Waals surface area (Å²) in [5.41, 5.74) is 4.72. The fourth-order valence-electron chi connectivity index (χ4n) is 4.31. The minimum atomic E-state index is -0.388. The third kappa shape index (κ3) is 3.96. The molecule has 3 aromatic rings. The first kappa shape index (κ1) is 20.2. The highest BCUT2D eigenvalue weighted by molar-refractivity contribution is 5.89. The zero-order valence-corrected chi connectivity index (χ0v) is 17.5. The normalized spacial score (nSPS) is 17.1. The van der Waals surface area contributed by atoms with Crippen molar-refractivity contribution in [1.29, 1.82) is 0 Å². The highest BCUT2D eigenvalue weighted by Gasteiger charge is 2.28. The zero-order valence-electron chi connectivity index (χ0n) is 17.5. The van der Waals surface area contributed by atoms with Crippen LogP contribution in [0.5, 0.6) is 0 Å². The van der Waals surface area contributed by atoms with Crippen molar-refractivity contribution in [2.75, 3.05) is 26.7 Å². The van der Waals surface area contributed by atoms with Crippen LogP contribution in [0.1, 0.15) is 17.7 Å². The first-order valence-corrected chi connectivity index (χ1v) is 10.4. The number of rotatable bonds is 6. The van der Waals surface area contributed by atoms with Crippen molar-refractivity contribution in [2.24, 2.45) is 0 Å². The van der Waals surface area contributed by atoms with Crippen LogP contribution in [0.25, 0.3) is 16.6 Å². The monoisotopic (exact) mass is 404 g/mol. The van der Waals surface area contributed by atoms with Crippen molar-refractivity contribution in [2.45, 2.75) is 25.8 Å². The third-order valence-electron chi connectivity index (χ3n) is 5.93. The quantitative estimate of drug-likeness (QED) is 0.663. The standard InChI is InChI=1S/C24H28N4O2/c1-17-19(12-13-25-23(29)16-22-24(30)26-14-15-27(22)2)20-10-6-7-11-21(20)28(17)18-8-4-3-5-9-18/h3-11,22H,12-16H2,1-2H3,(H,25,29)(H,26,30)/t22-/m1/s1. The van der Waals surface area contributed by atoms with Crippen LogP contribution in [0.3, 0.4) is 0 Å². The molecule has 0 spiro atoms. The van der Waals surface area contributed by atoms with Crippen molar-refractivity contribution < 1.29 is 9.59 Å².